The molecule has 0 spiro atoms. The third kappa shape index (κ3) is 1.89. The van der Waals surface area contributed by atoms with Gasteiger partial charge in [-0.05, 0) is 32.0 Å². The predicted molar refractivity (Wildman–Crippen MR) is 72.2 cm³/mol. The maximum Gasteiger partial charge on any atom is 0.327 e. The van der Waals surface area contributed by atoms with Crippen molar-refractivity contribution in [2.45, 2.75) is 19.9 Å². The third-order valence-corrected chi connectivity index (χ3v) is 5.73. The van der Waals surface area contributed by atoms with Crippen LogP contribution in [0.4, 0.5) is 10.5 Å². The Balaban J connectivity index is 2.60. The highest BCUT2D eigenvalue weighted by atomic mass is 31.2. The van der Waals surface area contributed by atoms with Crippen LogP contribution in [-0.2, 0) is 4.57 Å². The number of ether oxygens (including phenoxy) is 1. The number of benzene rings is 1. The summed E-state index contributed by atoms with van der Waals surface area (Å²) in [7, 11) is -1.34. The first-order valence-electron chi connectivity index (χ1n) is 5.74. The van der Waals surface area contributed by atoms with Gasteiger partial charge in [-0.2, -0.15) is 0 Å². The molecule has 2 amide bonds. The molecule has 0 bridgehead atoms. The van der Waals surface area contributed by atoms with Gasteiger partial charge in [-0.3, -0.25) is 9.24 Å². The fourth-order valence-corrected chi connectivity index (χ4v) is 4.68. The monoisotopic (exact) mass is 268 g/mol. The van der Waals surface area contributed by atoms with E-state index in [0.29, 0.717) is 16.7 Å². The molecule has 1 N–H and O–H groups in total. The largest absolute Gasteiger partial charge is 0.497 e. The Labute approximate surface area is 107 Å². The number of anilines is 1. The third-order valence-electron chi connectivity index (χ3n) is 3.00. The fourth-order valence-electron chi connectivity index (χ4n) is 2.22. The Kier molecular flexibility index (Phi) is 3.11. The molecule has 1 aliphatic heterocycles. The van der Waals surface area contributed by atoms with Gasteiger partial charge in [0.15, 0.2) is 0 Å². The van der Waals surface area contributed by atoms with Gasteiger partial charge < -0.3 is 10.1 Å². The minimum absolute atomic E-state index is 0.125. The summed E-state index contributed by atoms with van der Waals surface area (Å²) < 4.78 is 19.5. The summed E-state index contributed by atoms with van der Waals surface area (Å²) in [5.41, 5.74) is 0.600. The molecule has 1 aromatic carbocycles. The van der Waals surface area contributed by atoms with E-state index in [1.807, 2.05) is 13.8 Å². The number of fused-ring (bicyclic) bond motifs is 1. The van der Waals surface area contributed by atoms with Gasteiger partial charge in [0.25, 0.3) is 0 Å². The zero-order valence-corrected chi connectivity index (χ0v) is 11.8. The number of hydrogen-bond donors (Lipinski definition) is 1. The van der Waals surface area contributed by atoms with E-state index in [-0.39, 0.29) is 12.1 Å². The highest BCUT2D eigenvalue weighted by molar-refractivity contribution is 7.69. The van der Waals surface area contributed by atoms with E-state index in [1.54, 1.807) is 32.0 Å². The highest BCUT2D eigenvalue weighted by Gasteiger charge is 2.40. The second-order valence-corrected chi connectivity index (χ2v) is 7.30. The summed E-state index contributed by atoms with van der Waals surface area (Å²) >= 11 is 0. The smallest absolute Gasteiger partial charge is 0.327 e. The Bertz CT molecular complexity index is 542. The van der Waals surface area contributed by atoms with Gasteiger partial charge >= 0.3 is 6.03 Å². The van der Waals surface area contributed by atoms with E-state index in [1.165, 1.54) is 4.67 Å². The molecule has 1 atom stereocenters. The minimum Gasteiger partial charge on any atom is -0.497 e. The van der Waals surface area contributed by atoms with E-state index in [0.717, 1.165) is 0 Å². The number of methoxy groups -OCH3 is 1. The van der Waals surface area contributed by atoms with Gasteiger partial charge in [-0.15, -0.1) is 0 Å². The summed E-state index contributed by atoms with van der Waals surface area (Å²) in [6.45, 7) is 5.31. The average molecular weight is 268 g/mol. The molecule has 1 unspecified atom stereocenters. The molecule has 1 heterocycles. The molecular formula is C12H17N2O3P. The number of urea groups is 1. The molecule has 5 nitrogen and oxygen atoms in total. The summed E-state index contributed by atoms with van der Waals surface area (Å²) in [5.74, 6) is 0.635. The maximum absolute atomic E-state index is 12.9. The van der Waals surface area contributed by atoms with Crippen molar-refractivity contribution in [3.8, 4) is 5.75 Å². The molecular weight excluding hydrogens is 251 g/mol. The zero-order valence-electron chi connectivity index (χ0n) is 10.9. The van der Waals surface area contributed by atoms with E-state index < -0.39 is 7.29 Å². The number of nitrogens with zero attached hydrogens (tertiary/aromatic N) is 1. The molecule has 1 aliphatic rings. The van der Waals surface area contributed by atoms with Crippen molar-refractivity contribution in [1.29, 1.82) is 0 Å². The van der Waals surface area contributed by atoms with Gasteiger partial charge in [0.05, 0.1) is 18.1 Å². The van der Waals surface area contributed by atoms with Crippen LogP contribution >= 0.6 is 7.29 Å². The van der Waals surface area contributed by atoms with E-state index >= 15 is 0 Å². The summed E-state index contributed by atoms with van der Waals surface area (Å²) in [5, 5.41) is 3.39. The van der Waals surface area contributed by atoms with Crippen LogP contribution in [0.25, 0.3) is 0 Å². The van der Waals surface area contributed by atoms with Crippen LogP contribution < -0.4 is 15.4 Å². The molecule has 0 fully saturated rings. The summed E-state index contributed by atoms with van der Waals surface area (Å²) in [6.07, 6.45) is 0. The van der Waals surface area contributed by atoms with Crippen molar-refractivity contribution in [2.24, 2.45) is 0 Å². The standard InChI is InChI=1S/C12H17N2O3P/c1-8(2)14-12(15)13-10-6-5-9(17-3)7-11(10)18(14,4)16/h5-8H,1-4H3,(H,13,15). The van der Waals surface area contributed by atoms with Crippen molar-refractivity contribution in [3.63, 3.8) is 0 Å². The van der Waals surface area contributed by atoms with Gasteiger partial charge in [0.2, 0.25) is 7.29 Å². The van der Waals surface area contributed by atoms with Crippen LogP contribution in [0.3, 0.4) is 0 Å². The number of hydrogen-bond acceptors (Lipinski definition) is 3. The van der Waals surface area contributed by atoms with Crippen LogP contribution in [0.1, 0.15) is 13.8 Å². The quantitative estimate of drug-likeness (QED) is 0.838. The van der Waals surface area contributed by atoms with Crippen molar-refractivity contribution in [2.75, 3.05) is 19.1 Å². The first-order chi connectivity index (χ1) is 8.37. The van der Waals surface area contributed by atoms with Crippen molar-refractivity contribution in [3.05, 3.63) is 18.2 Å². The van der Waals surface area contributed by atoms with Gasteiger partial charge in [-0.25, -0.2) is 4.79 Å². The molecule has 0 saturated heterocycles. The Morgan fingerprint density at radius 3 is 2.61 bits per heavy atom. The van der Waals surface area contributed by atoms with Gasteiger partial charge in [-0.1, -0.05) is 0 Å². The molecule has 0 aliphatic carbocycles. The van der Waals surface area contributed by atoms with Crippen LogP contribution in [0.5, 0.6) is 5.75 Å². The second-order valence-electron chi connectivity index (χ2n) is 4.63. The Hall–Kier alpha value is -1.48. The highest BCUT2D eigenvalue weighted by Crippen LogP contribution is 2.51. The minimum atomic E-state index is -2.90. The molecule has 0 aromatic heterocycles. The number of carbonyl (C=O) groups is 1. The number of rotatable bonds is 2. The predicted octanol–water partition coefficient (Wildman–Crippen LogP) is 2.48. The molecule has 1 aromatic rings. The van der Waals surface area contributed by atoms with Crippen molar-refractivity contribution in [1.82, 2.24) is 4.67 Å². The average Bonchev–Trinajstić information content (AvgIpc) is 2.27. The van der Waals surface area contributed by atoms with Crippen LogP contribution in [0.15, 0.2) is 18.2 Å². The lowest BCUT2D eigenvalue weighted by atomic mass is 10.3. The Morgan fingerprint density at radius 2 is 2.06 bits per heavy atom. The van der Waals surface area contributed by atoms with Crippen LogP contribution in [0.2, 0.25) is 0 Å². The van der Waals surface area contributed by atoms with E-state index in [4.69, 9.17) is 4.74 Å². The number of nitrogens with one attached hydrogen (secondary N) is 1. The first kappa shape index (κ1) is 13.0. The number of amides is 2. The summed E-state index contributed by atoms with van der Waals surface area (Å²) in [4.78, 5) is 12.0. The number of carbonyl (C=O) groups excluding carboxylic acids is 1. The first-order valence-corrected chi connectivity index (χ1v) is 7.85. The normalized spacial score (nSPS) is 22.7. The Morgan fingerprint density at radius 1 is 1.39 bits per heavy atom. The van der Waals surface area contributed by atoms with Gasteiger partial charge in [0.1, 0.15) is 5.75 Å². The maximum atomic E-state index is 12.9. The lowest BCUT2D eigenvalue weighted by molar-refractivity contribution is 0.229. The molecule has 6 heteroatoms. The topological polar surface area (TPSA) is 58.6 Å². The van der Waals surface area contributed by atoms with Crippen molar-refractivity contribution >= 4 is 24.3 Å². The molecule has 2 rings (SSSR count). The van der Waals surface area contributed by atoms with Gasteiger partial charge in [0, 0.05) is 12.7 Å². The fraction of sp³-hybridized carbons (Fsp3) is 0.417. The molecule has 0 radical (unpaired) electrons. The second kappa shape index (κ2) is 4.32. The van der Waals surface area contributed by atoms with Crippen molar-refractivity contribution < 1.29 is 14.1 Å². The SMILES string of the molecule is COc1ccc2c(c1)P(C)(=O)N(C(C)C)C(=O)N2. The van der Waals surface area contributed by atoms with E-state index in [9.17, 15) is 9.36 Å². The molecule has 18 heavy (non-hydrogen) atoms. The zero-order chi connectivity index (χ0) is 13.5. The van der Waals surface area contributed by atoms with Crippen LogP contribution in [-0.4, -0.2) is 30.5 Å². The lowest BCUT2D eigenvalue weighted by Gasteiger charge is -2.37. The van der Waals surface area contributed by atoms with E-state index in [2.05, 4.69) is 5.32 Å². The molecule has 98 valence electrons. The molecule has 0 saturated carbocycles. The summed E-state index contributed by atoms with van der Waals surface area (Å²) in [6, 6.07) is 4.75. The van der Waals surface area contributed by atoms with Crippen LogP contribution in [0, 0.1) is 0 Å². The lowest BCUT2D eigenvalue weighted by Crippen LogP contribution is -2.44.